The Balaban J connectivity index is 2.44. The topological polar surface area (TPSA) is 68.3 Å². The van der Waals surface area contributed by atoms with Crippen LogP contribution in [0.2, 0.25) is 0 Å². The van der Waals surface area contributed by atoms with Crippen molar-refractivity contribution in [2.75, 3.05) is 0 Å². The number of aldehydes is 2. The van der Waals surface area contributed by atoms with Gasteiger partial charge in [0.25, 0.3) is 0 Å². The summed E-state index contributed by atoms with van der Waals surface area (Å²) < 4.78 is 0. The van der Waals surface area contributed by atoms with Crippen LogP contribution in [0.4, 0.5) is 0 Å². The van der Waals surface area contributed by atoms with E-state index in [4.69, 9.17) is 0 Å². The Kier molecular flexibility index (Phi) is 4.79. The third kappa shape index (κ3) is 3.32. The third-order valence-electron chi connectivity index (χ3n) is 2.74. The van der Waals surface area contributed by atoms with E-state index in [2.05, 4.69) is 0 Å². The number of hydrogen-bond donors (Lipinski definition) is 0. The van der Waals surface area contributed by atoms with Crippen LogP contribution in [0.1, 0.15) is 20.7 Å². The van der Waals surface area contributed by atoms with Gasteiger partial charge in [0, 0.05) is 20.9 Å². The van der Waals surface area contributed by atoms with Crippen molar-refractivity contribution in [2.45, 2.75) is 9.79 Å². The van der Waals surface area contributed by atoms with Crippen molar-refractivity contribution in [1.82, 2.24) is 0 Å². The predicted molar refractivity (Wildman–Crippen MR) is 77.8 cm³/mol. The molecule has 5 heteroatoms. The first-order valence-electron chi connectivity index (χ1n) is 6.02. The fraction of sp³-hybridized carbons (Fsp3) is 0. The highest BCUT2D eigenvalue weighted by atomic mass is 32.2. The van der Waals surface area contributed by atoms with Gasteiger partial charge in [-0.2, -0.15) is 0 Å². The van der Waals surface area contributed by atoms with Gasteiger partial charge in [-0.05, 0) is 24.3 Å². The molecule has 2 aromatic rings. The van der Waals surface area contributed by atoms with E-state index >= 15 is 0 Å². The summed E-state index contributed by atoms with van der Waals surface area (Å²) in [5.74, 6) is -1.26. The highest BCUT2D eigenvalue weighted by Crippen LogP contribution is 2.32. The van der Waals surface area contributed by atoms with Crippen molar-refractivity contribution in [1.29, 1.82) is 0 Å². The number of Topliss-reactive ketones (excluding diaryl/α,β-unsaturated/α-hetero) is 2. The van der Waals surface area contributed by atoms with E-state index in [1.54, 1.807) is 48.5 Å². The lowest BCUT2D eigenvalue weighted by molar-refractivity contribution is -0.105. The Bertz CT molecular complexity index is 660. The standard InChI is InChI=1S/C16H10O4S/c17-9-13(19)11-5-1-3-7-15(11)21-16-8-4-2-6-12(16)14(20)10-18/h1-10H. The summed E-state index contributed by atoms with van der Waals surface area (Å²) in [6.07, 6.45) is 0.504. The molecule has 104 valence electrons. The van der Waals surface area contributed by atoms with Crippen LogP contribution in [0.15, 0.2) is 58.3 Å². The molecule has 2 aromatic carbocycles. The van der Waals surface area contributed by atoms with Crippen LogP contribution in [-0.4, -0.2) is 24.1 Å². The fourth-order valence-corrected chi connectivity index (χ4v) is 2.85. The summed E-state index contributed by atoms with van der Waals surface area (Å²) >= 11 is 1.17. The Morgan fingerprint density at radius 1 is 0.714 bits per heavy atom. The van der Waals surface area contributed by atoms with Crippen molar-refractivity contribution >= 4 is 35.9 Å². The average molecular weight is 298 g/mol. The second kappa shape index (κ2) is 6.76. The number of ketones is 2. The normalized spacial score (nSPS) is 9.90. The molecule has 0 spiro atoms. The van der Waals surface area contributed by atoms with Gasteiger partial charge in [0.15, 0.2) is 12.6 Å². The lowest BCUT2D eigenvalue weighted by atomic mass is 10.1. The van der Waals surface area contributed by atoms with Crippen LogP contribution in [0.5, 0.6) is 0 Å². The highest BCUT2D eigenvalue weighted by molar-refractivity contribution is 7.99. The molecule has 0 saturated carbocycles. The molecule has 2 rings (SSSR count). The van der Waals surface area contributed by atoms with Crippen molar-refractivity contribution in [2.24, 2.45) is 0 Å². The third-order valence-corrected chi connectivity index (χ3v) is 3.89. The Labute approximate surface area is 125 Å². The van der Waals surface area contributed by atoms with Crippen molar-refractivity contribution in [3.63, 3.8) is 0 Å². The Morgan fingerprint density at radius 3 is 1.48 bits per heavy atom. The van der Waals surface area contributed by atoms with Gasteiger partial charge in [-0.15, -0.1) is 0 Å². The summed E-state index contributed by atoms with van der Waals surface area (Å²) in [4.78, 5) is 45.6. The molecule has 0 radical (unpaired) electrons. The van der Waals surface area contributed by atoms with E-state index in [1.165, 1.54) is 11.8 Å². The van der Waals surface area contributed by atoms with Gasteiger partial charge in [0.05, 0.1) is 0 Å². The molecule has 0 N–H and O–H groups in total. The Hall–Kier alpha value is -2.53. The van der Waals surface area contributed by atoms with Gasteiger partial charge in [0.2, 0.25) is 11.6 Å². The van der Waals surface area contributed by atoms with Crippen molar-refractivity contribution in [3.05, 3.63) is 59.7 Å². The number of carbonyl (C=O) groups excluding carboxylic acids is 4. The maximum absolute atomic E-state index is 11.6. The van der Waals surface area contributed by atoms with Gasteiger partial charge in [0.1, 0.15) is 0 Å². The first-order valence-corrected chi connectivity index (χ1v) is 6.84. The molecule has 0 fully saturated rings. The van der Waals surface area contributed by atoms with Crippen LogP contribution in [0.25, 0.3) is 0 Å². The number of hydrogen-bond acceptors (Lipinski definition) is 5. The monoisotopic (exact) mass is 298 g/mol. The van der Waals surface area contributed by atoms with Crippen LogP contribution >= 0.6 is 11.8 Å². The first-order chi connectivity index (χ1) is 10.2. The predicted octanol–water partition coefficient (Wildman–Crippen LogP) is 2.60. The molecule has 0 aromatic heterocycles. The van der Waals surface area contributed by atoms with Crippen LogP contribution < -0.4 is 0 Å². The lowest BCUT2D eigenvalue weighted by Gasteiger charge is -2.08. The summed E-state index contributed by atoms with van der Waals surface area (Å²) in [7, 11) is 0. The zero-order valence-corrected chi connectivity index (χ0v) is 11.6. The molecule has 0 heterocycles. The van der Waals surface area contributed by atoms with Gasteiger partial charge in [-0.25, -0.2) is 0 Å². The zero-order valence-electron chi connectivity index (χ0n) is 10.8. The molecule has 21 heavy (non-hydrogen) atoms. The molecule has 0 bridgehead atoms. The van der Waals surface area contributed by atoms with E-state index in [9.17, 15) is 19.2 Å². The quantitative estimate of drug-likeness (QED) is 0.466. The van der Waals surface area contributed by atoms with Crippen LogP contribution in [0.3, 0.4) is 0 Å². The smallest absolute Gasteiger partial charge is 0.226 e. The molecule has 0 amide bonds. The highest BCUT2D eigenvalue weighted by Gasteiger charge is 2.15. The van der Waals surface area contributed by atoms with Gasteiger partial charge in [-0.1, -0.05) is 36.0 Å². The van der Waals surface area contributed by atoms with E-state index < -0.39 is 11.6 Å². The zero-order chi connectivity index (χ0) is 15.2. The minimum Gasteiger partial charge on any atom is -0.294 e. The number of rotatable bonds is 6. The minimum atomic E-state index is -0.628. The molecule has 0 saturated heterocycles. The summed E-state index contributed by atoms with van der Waals surface area (Å²) in [5, 5.41) is 0. The van der Waals surface area contributed by atoms with Crippen molar-refractivity contribution in [3.8, 4) is 0 Å². The molecule has 0 aliphatic heterocycles. The molecule has 4 nitrogen and oxygen atoms in total. The second-order valence-electron chi connectivity index (χ2n) is 4.06. The van der Waals surface area contributed by atoms with Crippen LogP contribution in [-0.2, 0) is 9.59 Å². The molecular weight excluding hydrogens is 288 g/mol. The molecular formula is C16H10O4S. The average Bonchev–Trinajstić information content (AvgIpc) is 2.54. The molecule has 0 atom stereocenters. The maximum Gasteiger partial charge on any atom is 0.226 e. The SMILES string of the molecule is O=CC(=O)c1ccccc1Sc1ccccc1C(=O)C=O. The first kappa shape index (κ1) is 14.9. The summed E-state index contributed by atoms with van der Waals surface area (Å²) in [6, 6.07) is 13.2. The van der Waals surface area contributed by atoms with Gasteiger partial charge < -0.3 is 0 Å². The number of carbonyl (C=O) groups is 4. The molecule has 0 aliphatic carbocycles. The van der Waals surface area contributed by atoms with Crippen LogP contribution in [0, 0.1) is 0 Å². The second-order valence-corrected chi connectivity index (χ2v) is 5.14. The maximum atomic E-state index is 11.6. The minimum absolute atomic E-state index is 0.252. The molecule has 0 aliphatic rings. The summed E-state index contributed by atoms with van der Waals surface area (Å²) in [5.41, 5.74) is 0.539. The van der Waals surface area contributed by atoms with E-state index in [-0.39, 0.29) is 23.7 Å². The molecule has 0 unspecified atom stereocenters. The van der Waals surface area contributed by atoms with E-state index in [1.807, 2.05) is 0 Å². The lowest BCUT2D eigenvalue weighted by Crippen LogP contribution is -2.03. The van der Waals surface area contributed by atoms with Gasteiger partial charge >= 0.3 is 0 Å². The fourth-order valence-electron chi connectivity index (χ4n) is 1.76. The Morgan fingerprint density at radius 2 is 1.10 bits per heavy atom. The van der Waals surface area contributed by atoms with E-state index in [0.29, 0.717) is 9.79 Å². The van der Waals surface area contributed by atoms with E-state index in [0.717, 1.165) is 0 Å². The largest absolute Gasteiger partial charge is 0.294 e. The van der Waals surface area contributed by atoms with Gasteiger partial charge in [-0.3, -0.25) is 19.2 Å². The van der Waals surface area contributed by atoms with Crippen molar-refractivity contribution < 1.29 is 19.2 Å². The number of benzene rings is 2. The summed E-state index contributed by atoms with van der Waals surface area (Å²) in [6.45, 7) is 0.